The van der Waals surface area contributed by atoms with Gasteiger partial charge < -0.3 is 4.90 Å². The third kappa shape index (κ3) is 2.86. The molecule has 19 heavy (non-hydrogen) atoms. The number of nitriles is 1. The van der Waals surface area contributed by atoms with Crippen LogP contribution in [-0.2, 0) is 0 Å². The van der Waals surface area contributed by atoms with Crippen molar-refractivity contribution < 1.29 is 0 Å². The van der Waals surface area contributed by atoms with E-state index in [1.54, 1.807) is 12.3 Å². The highest BCUT2D eigenvalue weighted by atomic mass is 35.5. The first-order chi connectivity index (χ1) is 9.13. The van der Waals surface area contributed by atoms with Crippen molar-refractivity contribution in [3.05, 3.63) is 58.9 Å². The van der Waals surface area contributed by atoms with Crippen molar-refractivity contribution in [3.63, 3.8) is 0 Å². The Labute approximate surface area is 118 Å². The first-order valence-corrected chi connectivity index (χ1v) is 6.34. The molecule has 0 aliphatic carbocycles. The minimum absolute atomic E-state index is 0.114. The van der Waals surface area contributed by atoms with E-state index in [-0.39, 0.29) is 6.04 Å². The van der Waals surface area contributed by atoms with Gasteiger partial charge in [-0.1, -0.05) is 29.8 Å². The fourth-order valence-corrected chi connectivity index (χ4v) is 2.24. The molecule has 0 saturated heterocycles. The van der Waals surface area contributed by atoms with Crippen LogP contribution >= 0.6 is 11.6 Å². The van der Waals surface area contributed by atoms with Crippen molar-refractivity contribution in [2.75, 3.05) is 11.9 Å². The molecule has 0 fully saturated rings. The van der Waals surface area contributed by atoms with Crippen LogP contribution < -0.4 is 4.90 Å². The second-order valence-corrected chi connectivity index (χ2v) is 4.73. The normalized spacial score (nSPS) is 11.7. The van der Waals surface area contributed by atoms with Crippen molar-refractivity contribution in [3.8, 4) is 6.07 Å². The number of pyridine rings is 1. The molecule has 0 radical (unpaired) electrons. The zero-order valence-corrected chi connectivity index (χ0v) is 11.6. The van der Waals surface area contributed by atoms with Gasteiger partial charge in [-0.25, -0.2) is 4.98 Å². The zero-order valence-electron chi connectivity index (χ0n) is 10.8. The van der Waals surface area contributed by atoms with E-state index in [9.17, 15) is 0 Å². The van der Waals surface area contributed by atoms with Gasteiger partial charge in [0.05, 0.1) is 6.04 Å². The lowest BCUT2D eigenvalue weighted by molar-refractivity contribution is 0.739. The van der Waals surface area contributed by atoms with Gasteiger partial charge in [0.15, 0.2) is 0 Å². The van der Waals surface area contributed by atoms with Gasteiger partial charge in [-0.05, 0) is 30.7 Å². The monoisotopic (exact) mass is 271 g/mol. The van der Waals surface area contributed by atoms with Crippen molar-refractivity contribution in [2.45, 2.75) is 13.0 Å². The number of benzene rings is 1. The SMILES string of the molecule is CC(c1ccccc1Cl)N(C)c1ccnc(C#N)c1. The van der Waals surface area contributed by atoms with E-state index in [1.807, 2.05) is 43.4 Å². The second kappa shape index (κ2) is 5.73. The van der Waals surface area contributed by atoms with Crippen LogP contribution in [0, 0.1) is 11.3 Å². The third-order valence-electron chi connectivity index (χ3n) is 3.20. The predicted octanol–water partition coefficient (Wildman–Crippen LogP) is 3.80. The molecule has 0 amide bonds. The quantitative estimate of drug-likeness (QED) is 0.852. The van der Waals surface area contributed by atoms with Gasteiger partial charge in [-0.3, -0.25) is 0 Å². The smallest absolute Gasteiger partial charge is 0.142 e. The lowest BCUT2D eigenvalue weighted by atomic mass is 10.1. The zero-order chi connectivity index (χ0) is 13.8. The van der Waals surface area contributed by atoms with Gasteiger partial charge >= 0.3 is 0 Å². The van der Waals surface area contributed by atoms with Crippen LogP contribution in [0.15, 0.2) is 42.6 Å². The number of hydrogen-bond acceptors (Lipinski definition) is 3. The first kappa shape index (κ1) is 13.4. The summed E-state index contributed by atoms with van der Waals surface area (Å²) in [5.41, 5.74) is 2.41. The molecule has 1 aromatic heterocycles. The minimum atomic E-state index is 0.114. The molecule has 1 heterocycles. The molecule has 2 rings (SSSR count). The van der Waals surface area contributed by atoms with Crippen molar-refractivity contribution >= 4 is 17.3 Å². The van der Waals surface area contributed by atoms with Gasteiger partial charge in [-0.15, -0.1) is 0 Å². The summed E-state index contributed by atoms with van der Waals surface area (Å²) in [4.78, 5) is 6.05. The van der Waals surface area contributed by atoms with E-state index in [1.165, 1.54) is 0 Å². The summed E-state index contributed by atoms with van der Waals surface area (Å²) in [6.45, 7) is 2.08. The molecule has 96 valence electrons. The maximum absolute atomic E-state index is 8.89. The molecule has 0 aliphatic heterocycles. The van der Waals surface area contributed by atoms with Crippen LogP contribution in [0.1, 0.15) is 24.2 Å². The Morgan fingerprint density at radius 3 is 2.74 bits per heavy atom. The number of nitrogens with zero attached hydrogens (tertiary/aromatic N) is 3. The molecule has 0 bridgehead atoms. The summed E-state index contributed by atoms with van der Waals surface area (Å²) in [5, 5.41) is 9.64. The van der Waals surface area contributed by atoms with Gasteiger partial charge in [0.1, 0.15) is 11.8 Å². The summed E-state index contributed by atoms with van der Waals surface area (Å²) in [6, 6.07) is 13.6. The van der Waals surface area contributed by atoms with Crippen molar-refractivity contribution in [1.82, 2.24) is 4.98 Å². The number of anilines is 1. The van der Waals surface area contributed by atoms with E-state index in [0.717, 1.165) is 16.3 Å². The summed E-state index contributed by atoms with van der Waals surface area (Å²) < 4.78 is 0. The fourth-order valence-electron chi connectivity index (χ4n) is 1.95. The highest BCUT2D eigenvalue weighted by Crippen LogP contribution is 2.29. The van der Waals surface area contributed by atoms with E-state index < -0.39 is 0 Å². The molecule has 1 atom stereocenters. The second-order valence-electron chi connectivity index (χ2n) is 4.32. The largest absolute Gasteiger partial charge is 0.368 e. The molecule has 0 saturated carbocycles. The average Bonchev–Trinajstić information content (AvgIpc) is 2.46. The predicted molar refractivity (Wildman–Crippen MR) is 77.2 cm³/mol. The van der Waals surface area contributed by atoms with E-state index in [2.05, 4.69) is 16.8 Å². The number of rotatable bonds is 3. The molecular weight excluding hydrogens is 258 g/mol. The van der Waals surface area contributed by atoms with Gasteiger partial charge in [-0.2, -0.15) is 5.26 Å². The molecule has 0 N–H and O–H groups in total. The summed E-state index contributed by atoms with van der Waals surface area (Å²) in [6.07, 6.45) is 1.64. The number of aromatic nitrogens is 1. The van der Waals surface area contributed by atoms with Crippen LogP contribution in [-0.4, -0.2) is 12.0 Å². The van der Waals surface area contributed by atoms with Crippen LogP contribution in [0.4, 0.5) is 5.69 Å². The molecule has 3 nitrogen and oxygen atoms in total. The van der Waals surface area contributed by atoms with Gasteiger partial charge in [0, 0.05) is 24.0 Å². The molecule has 2 aromatic rings. The van der Waals surface area contributed by atoms with Gasteiger partial charge in [0.2, 0.25) is 0 Å². The molecule has 1 aromatic carbocycles. The maximum atomic E-state index is 8.89. The Kier molecular flexibility index (Phi) is 4.03. The van der Waals surface area contributed by atoms with Crippen LogP contribution in [0.5, 0.6) is 0 Å². The molecule has 1 unspecified atom stereocenters. The van der Waals surface area contributed by atoms with E-state index >= 15 is 0 Å². The molecular formula is C15H14ClN3. The molecule has 4 heteroatoms. The maximum Gasteiger partial charge on any atom is 0.142 e. The lowest BCUT2D eigenvalue weighted by Crippen LogP contribution is -2.22. The van der Waals surface area contributed by atoms with Crippen LogP contribution in [0.2, 0.25) is 5.02 Å². The Bertz CT molecular complexity index is 619. The fraction of sp³-hybridized carbons (Fsp3) is 0.200. The standard InChI is InChI=1S/C15H14ClN3/c1-11(14-5-3-4-6-15(14)16)19(2)13-7-8-18-12(9-13)10-17/h3-9,11H,1-2H3. The average molecular weight is 272 g/mol. The third-order valence-corrected chi connectivity index (χ3v) is 3.55. The minimum Gasteiger partial charge on any atom is -0.368 e. The lowest BCUT2D eigenvalue weighted by Gasteiger charge is -2.28. The van der Waals surface area contributed by atoms with Crippen LogP contribution in [0.25, 0.3) is 0 Å². The Hall–Kier alpha value is -2.05. The molecule has 0 aliphatic rings. The van der Waals surface area contributed by atoms with Crippen molar-refractivity contribution in [2.24, 2.45) is 0 Å². The topological polar surface area (TPSA) is 39.9 Å². The summed E-state index contributed by atoms with van der Waals surface area (Å²) in [7, 11) is 1.98. The number of hydrogen-bond donors (Lipinski definition) is 0. The molecule has 0 spiro atoms. The van der Waals surface area contributed by atoms with Gasteiger partial charge in [0.25, 0.3) is 0 Å². The summed E-state index contributed by atoms with van der Waals surface area (Å²) in [5.74, 6) is 0. The highest BCUT2D eigenvalue weighted by Gasteiger charge is 2.15. The first-order valence-electron chi connectivity index (χ1n) is 5.97. The van der Waals surface area contributed by atoms with Crippen molar-refractivity contribution in [1.29, 1.82) is 5.26 Å². The number of halogens is 1. The Balaban J connectivity index is 2.31. The Morgan fingerprint density at radius 2 is 2.05 bits per heavy atom. The van der Waals surface area contributed by atoms with E-state index in [4.69, 9.17) is 16.9 Å². The van der Waals surface area contributed by atoms with E-state index in [0.29, 0.717) is 5.69 Å². The highest BCUT2D eigenvalue weighted by molar-refractivity contribution is 6.31. The van der Waals surface area contributed by atoms with Crippen LogP contribution in [0.3, 0.4) is 0 Å². The Morgan fingerprint density at radius 1 is 1.32 bits per heavy atom. The summed E-state index contributed by atoms with van der Waals surface area (Å²) >= 11 is 6.22.